The molecule has 1 atom stereocenters. The topological polar surface area (TPSA) is 62.7 Å². The zero-order chi connectivity index (χ0) is 20.1. The Hall–Kier alpha value is -3.34. The smallest absolute Gasteiger partial charge is 0.303 e. The van der Waals surface area contributed by atoms with E-state index in [9.17, 15) is 4.79 Å². The highest BCUT2D eigenvalue weighted by Crippen LogP contribution is 2.34. The molecule has 0 radical (unpaired) electrons. The van der Waals surface area contributed by atoms with Gasteiger partial charge >= 0.3 is 5.97 Å². The fourth-order valence-corrected chi connectivity index (χ4v) is 3.15. The summed E-state index contributed by atoms with van der Waals surface area (Å²) >= 11 is 0. The third-order valence-electron chi connectivity index (χ3n) is 4.79. The second-order valence-electron chi connectivity index (χ2n) is 6.74. The molecule has 1 unspecified atom stereocenters. The van der Waals surface area contributed by atoms with Crippen LogP contribution in [0.15, 0.2) is 66.7 Å². The van der Waals surface area contributed by atoms with Crippen LogP contribution < -0.4 is 9.64 Å². The van der Waals surface area contributed by atoms with Gasteiger partial charge in [0.05, 0.1) is 19.2 Å². The Morgan fingerprint density at radius 1 is 1.07 bits per heavy atom. The van der Waals surface area contributed by atoms with Crippen molar-refractivity contribution in [3.05, 3.63) is 72.3 Å². The minimum Gasteiger partial charge on any atom is -0.481 e. The first-order valence-corrected chi connectivity index (χ1v) is 9.15. The molecule has 28 heavy (non-hydrogen) atoms. The van der Waals surface area contributed by atoms with E-state index >= 15 is 0 Å². The number of methoxy groups -OCH3 is 1. The van der Waals surface area contributed by atoms with Crippen LogP contribution in [0, 0.1) is 0 Å². The molecule has 0 aliphatic rings. The molecule has 0 aliphatic heterocycles. The summed E-state index contributed by atoms with van der Waals surface area (Å²) in [5.41, 5.74) is 4.72. The lowest BCUT2D eigenvalue weighted by atomic mass is 9.97. The first-order valence-electron chi connectivity index (χ1n) is 9.15. The molecule has 1 aromatic heterocycles. The number of hydrogen-bond acceptors (Lipinski definition) is 4. The molecule has 0 fully saturated rings. The Morgan fingerprint density at radius 3 is 2.36 bits per heavy atom. The van der Waals surface area contributed by atoms with E-state index in [1.807, 2.05) is 85.6 Å². The quantitative estimate of drug-likeness (QED) is 0.621. The summed E-state index contributed by atoms with van der Waals surface area (Å²) in [5, 5.41) is 8.97. The molecule has 0 aliphatic carbocycles. The number of aromatic nitrogens is 1. The maximum atomic E-state index is 10.9. The van der Waals surface area contributed by atoms with Crippen LogP contribution in [0.1, 0.15) is 24.8 Å². The van der Waals surface area contributed by atoms with Gasteiger partial charge in [-0.1, -0.05) is 49.4 Å². The molecule has 5 nitrogen and oxygen atoms in total. The van der Waals surface area contributed by atoms with Gasteiger partial charge in [0.2, 0.25) is 5.88 Å². The number of nitrogens with zero attached hydrogens (tertiary/aromatic N) is 2. The molecule has 2 aromatic carbocycles. The summed E-state index contributed by atoms with van der Waals surface area (Å²) < 4.78 is 5.54. The lowest BCUT2D eigenvalue weighted by Gasteiger charge is -2.22. The van der Waals surface area contributed by atoms with Gasteiger partial charge in [-0.05, 0) is 35.7 Å². The van der Waals surface area contributed by atoms with Crippen molar-refractivity contribution in [2.24, 2.45) is 0 Å². The first-order chi connectivity index (χ1) is 13.5. The molecule has 144 valence electrons. The van der Waals surface area contributed by atoms with E-state index in [1.54, 1.807) is 7.11 Å². The standard InChI is InChI=1S/C23H24N2O3/c1-16(15-22(26)27)17-9-11-19(12-10-17)25(2)21-14-13-20(24-23(21)28-3)18-7-5-4-6-8-18/h4-14,16H,15H2,1-3H3,(H,26,27). The number of carboxylic acid groups (broad SMARTS) is 1. The lowest BCUT2D eigenvalue weighted by molar-refractivity contribution is -0.137. The Balaban J connectivity index is 1.85. The predicted octanol–water partition coefficient (Wildman–Crippen LogP) is 5.10. The van der Waals surface area contributed by atoms with Gasteiger partial charge in [0.1, 0.15) is 5.69 Å². The van der Waals surface area contributed by atoms with Crippen molar-refractivity contribution in [2.75, 3.05) is 19.1 Å². The third-order valence-corrected chi connectivity index (χ3v) is 4.79. The normalized spacial score (nSPS) is 11.7. The monoisotopic (exact) mass is 376 g/mol. The maximum Gasteiger partial charge on any atom is 0.303 e. The van der Waals surface area contributed by atoms with Crippen LogP contribution in [0.3, 0.4) is 0 Å². The van der Waals surface area contributed by atoms with Crippen LogP contribution in [0.25, 0.3) is 11.3 Å². The van der Waals surface area contributed by atoms with E-state index in [0.29, 0.717) is 5.88 Å². The number of benzene rings is 2. The summed E-state index contributed by atoms with van der Waals surface area (Å²) in [6.07, 6.45) is 0.119. The van der Waals surface area contributed by atoms with E-state index < -0.39 is 5.97 Å². The Kier molecular flexibility index (Phi) is 5.94. The zero-order valence-electron chi connectivity index (χ0n) is 16.3. The van der Waals surface area contributed by atoms with Gasteiger partial charge in [0, 0.05) is 18.3 Å². The van der Waals surface area contributed by atoms with Gasteiger partial charge < -0.3 is 14.7 Å². The number of ether oxygens (including phenoxy) is 1. The number of pyridine rings is 1. The van der Waals surface area contributed by atoms with Gasteiger partial charge in [0.25, 0.3) is 0 Å². The second-order valence-corrected chi connectivity index (χ2v) is 6.74. The largest absolute Gasteiger partial charge is 0.481 e. The van der Waals surface area contributed by atoms with E-state index in [1.165, 1.54) is 0 Å². The summed E-state index contributed by atoms with van der Waals surface area (Å²) in [4.78, 5) is 17.6. The molecular weight excluding hydrogens is 352 g/mol. The van der Waals surface area contributed by atoms with Crippen molar-refractivity contribution in [2.45, 2.75) is 19.3 Å². The van der Waals surface area contributed by atoms with Crippen molar-refractivity contribution in [3.63, 3.8) is 0 Å². The number of aliphatic carboxylic acids is 1. The highest BCUT2D eigenvalue weighted by Gasteiger charge is 2.15. The summed E-state index contributed by atoms with van der Waals surface area (Å²) in [6.45, 7) is 1.92. The van der Waals surface area contributed by atoms with E-state index in [2.05, 4.69) is 4.98 Å². The van der Waals surface area contributed by atoms with Crippen molar-refractivity contribution in [1.29, 1.82) is 0 Å². The fraction of sp³-hybridized carbons (Fsp3) is 0.217. The van der Waals surface area contributed by atoms with Crippen LogP contribution in [-0.2, 0) is 4.79 Å². The number of carboxylic acids is 1. The Bertz CT molecular complexity index is 940. The van der Waals surface area contributed by atoms with Gasteiger partial charge in [-0.2, -0.15) is 0 Å². The van der Waals surface area contributed by atoms with E-state index in [-0.39, 0.29) is 12.3 Å². The molecule has 3 rings (SSSR count). The van der Waals surface area contributed by atoms with E-state index in [4.69, 9.17) is 9.84 Å². The molecule has 3 aromatic rings. The van der Waals surface area contributed by atoms with Crippen LogP contribution in [0.4, 0.5) is 11.4 Å². The zero-order valence-corrected chi connectivity index (χ0v) is 16.3. The van der Waals surface area contributed by atoms with Crippen LogP contribution in [0.2, 0.25) is 0 Å². The van der Waals surface area contributed by atoms with Gasteiger partial charge in [0.15, 0.2) is 0 Å². The highest BCUT2D eigenvalue weighted by molar-refractivity contribution is 5.71. The van der Waals surface area contributed by atoms with Crippen LogP contribution in [-0.4, -0.2) is 30.2 Å². The SMILES string of the molecule is COc1nc(-c2ccccc2)ccc1N(C)c1ccc(C(C)CC(=O)O)cc1. The Labute approximate surface area is 165 Å². The number of hydrogen-bond donors (Lipinski definition) is 1. The molecule has 0 saturated carbocycles. The molecule has 0 amide bonds. The average Bonchev–Trinajstić information content (AvgIpc) is 2.73. The predicted molar refractivity (Wildman–Crippen MR) is 111 cm³/mol. The molecule has 0 bridgehead atoms. The van der Waals surface area contributed by atoms with E-state index in [0.717, 1.165) is 28.2 Å². The highest BCUT2D eigenvalue weighted by atomic mass is 16.5. The summed E-state index contributed by atoms with van der Waals surface area (Å²) in [5.74, 6) is -0.270. The van der Waals surface area contributed by atoms with Crippen LogP contribution >= 0.6 is 0 Å². The minimum absolute atomic E-state index is 0.0294. The van der Waals surface area contributed by atoms with Crippen LogP contribution in [0.5, 0.6) is 5.88 Å². The second kappa shape index (κ2) is 8.57. The maximum absolute atomic E-state index is 10.9. The summed E-state index contributed by atoms with van der Waals surface area (Å²) in [6, 6.07) is 21.9. The first kappa shape index (κ1) is 19.4. The van der Waals surface area contributed by atoms with Gasteiger partial charge in [-0.15, -0.1) is 0 Å². The molecule has 5 heteroatoms. The molecule has 0 saturated heterocycles. The van der Waals surface area contributed by atoms with Crippen molar-refractivity contribution < 1.29 is 14.6 Å². The minimum atomic E-state index is -0.789. The van der Waals surface area contributed by atoms with Crippen molar-refractivity contribution >= 4 is 17.3 Å². The molecular formula is C23H24N2O3. The van der Waals surface area contributed by atoms with Crippen molar-refractivity contribution in [3.8, 4) is 17.1 Å². The summed E-state index contributed by atoms with van der Waals surface area (Å²) in [7, 11) is 3.57. The molecule has 0 spiro atoms. The lowest BCUT2D eigenvalue weighted by Crippen LogP contribution is -2.12. The number of carbonyl (C=O) groups is 1. The van der Waals surface area contributed by atoms with Gasteiger partial charge in [-0.3, -0.25) is 4.79 Å². The fourth-order valence-electron chi connectivity index (χ4n) is 3.15. The number of anilines is 2. The average molecular weight is 376 g/mol. The van der Waals surface area contributed by atoms with Crippen molar-refractivity contribution in [1.82, 2.24) is 4.98 Å². The Morgan fingerprint density at radius 2 is 1.75 bits per heavy atom. The third kappa shape index (κ3) is 4.31. The molecule has 1 heterocycles. The number of rotatable bonds is 7. The molecule has 1 N–H and O–H groups in total. The van der Waals surface area contributed by atoms with Gasteiger partial charge in [-0.25, -0.2) is 4.98 Å².